The highest BCUT2D eigenvalue weighted by atomic mass is 17.2. The summed E-state index contributed by atoms with van der Waals surface area (Å²) in [4.78, 5) is 66.7. The molecule has 0 aliphatic heterocycles. The van der Waals surface area contributed by atoms with Crippen LogP contribution in [0.25, 0.3) is 0 Å². The van der Waals surface area contributed by atoms with E-state index in [2.05, 4.69) is 34.2 Å². The van der Waals surface area contributed by atoms with Gasteiger partial charge < -0.3 is 99.5 Å². The molecule has 0 radical (unpaired) electrons. The van der Waals surface area contributed by atoms with Crippen LogP contribution in [-0.2, 0) is 168 Å². The van der Waals surface area contributed by atoms with Crippen molar-refractivity contribution in [3.8, 4) is 0 Å². The standard InChI is InChI=1S/C58H118O35/c1-9-10-66-11-13-74-41-53(81-28-15-68-22-35-88-60-3)43-76-45-55(83-30-17-70-24-37-90-62-5)47-78-49-57(85-32-19-72-26-39-92-64-7)51-80-52-58(86-33-20-73-27-40-93-65-8)50-79-48-56(84-31-18-71-25-38-91-63-6)46-77-44-54(82-29-16-69-23-36-89-61-4)42-75-14-12-67-21-34-87-59-2/h53-58H,9-52H2,1-8H3. The lowest BCUT2D eigenvalue weighted by Crippen LogP contribution is -2.36. The average molecular weight is 1380 g/mol. The lowest BCUT2D eigenvalue weighted by molar-refractivity contribution is -0.278. The molecule has 0 aliphatic rings. The minimum absolute atomic E-state index is 0.0904. The largest absolute Gasteiger partial charge is 0.379 e. The molecule has 35 heteroatoms. The van der Waals surface area contributed by atoms with Crippen LogP contribution in [0.15, 0.2) is 0 Å². The highest BCUT2D eigenvalue weighted by Gasteiger charge is 2.21. The molecular formula is C58H118O35. The Morgan fingerprint density at radius 2 is 0.290 bits per heavy atom. The summed E-state index contributed by atoms with van der Waals surface area (Å²) in [6.07, 6.45) is -2.22. The molecule has 0 aromatic heterocycles. The molecule has 0 spiro atoms. The van der Waals surface area contributed by atoms with Crippen molar-refractivity contribution in [2.24, 2.45) is 0 Å². The molecular weight excluding hydrogens is 1260 g/mol. The molecule has 0 fully saturated rings. The van der Waals surface area contributed by atoms with E-state index >= 15 is 0 Å². The van der Waals surface area contributed by atoms with Gasteiger partial charge in [0.2, 0.25) is 0 Å². The van der Waals surface area contributed by atoms with Crippen molar-refractivity contribution in [3.05, 3.63) is 0 Å². The summed E-state index contributed by atoms with van der Waals surface area (Å²) < 4.78 is 125. The second-order valence-corrected chi connectivity index (χ2v) is 18.6. The molecule has 6 unspecified atom stereocenters. The molecule has 0 bridgehead atoms. The van der Waals surface area contributed by atoms with Crippen molar-refractivity contribution in [2.45, 2.75) is 50.0 Å². The van der Waals surface area contributed by atoms with E-state index in [1.54, 1.807) is 0 Å². The molecule has 0 saturated heterocycles. The van der Waals surface area contributed by atoms with Gasteiger partial charge in [-0.15, -0.1) is 0 Å². The van der Waals surface area contributed by atoms with E-state index in [0.717, 1.165) is 6.42 Å². The fraction of sp³-hybridized carbons (Fsp3) is 1.00. The van der Waals surface area contributed by atoms with Gasteiger partial charge in [-0.05, 0) is 6.42 Å². The number of hydrogen-bond donors (Lipinski definition) is 0. The molecule has 0 heterocycles. The van der Waals surface area contributed by atoms with Gasteiger partial charge in [-0.3, -0.25) is 0 Å². The SMILES string of the molecule is CCCOCCOCC(COCC(COCC(COCC(COCC(COCC(COCCOCCOOC)OCCOCCOOC)OCCOCCOOC)OCCOCCOOC)OCCOCCOOC)OCCOCCOOC)OCCOCCOOC. The fourth-order valence-corrected chi connectivity index (χ4v) is 7.02. The van der Waals surface area contributed by atoms with E-state index in [9.17, 15) is 0 Å². The van der Waals surface area contributed by atoms with Crippen LogP contribution in [0.3, 0.4) is 0 Å². The van der Waals surface area contributed by atoms with Gasteiger partial charge in [0.1, 0.15) is 82.9 Å². The molecule has 0 aliphatic carbocycles. The van der Waals surface area contributed by atoms with Crippen molar-refractivity contribution >= 4 is 0 Å². The van der Waals surface area contributed by atoms with Gasteiger partial charge >= 0.3 is 0 Å². The van der Waals surface area contributed by atoms with Gasteiger partial charge in [-0.2, -0.15) is 0 Å². The molecule has 0 aromatic carbocycles. The van der Waals surface area contributed by atoms with Crippen LogP contribution in [0.2, 0.25) is 0 Å². The van der Waals surface area contributed by atoms with Gasteiger partial charge in [-0.25, -0.2) is 68.4 Å². The van der Waals surface area contributed by atoms with Gasteiger partial charge in [0.05, 0.1) is 281 Å². The van der Waals surface area contributed by atoms with Crippen molar-refractivity contribution in [2.75, 3.05) is 334 Å². The molecule has 35 nitrogen and oxygen atoms in total. The van der Waals surface area contributed by atoms with E-state index in [-0.39, 0.29) is 198 Å². The molecule has 0 N–H and O–H groups in total. The molecule has 0 amide bonds. The minimum Gasteiger partial charge on any atom is -0.379 e. The number of rotatable bonds is 84. The van der Waals surface area contributed by atoms with Gasteiger partial charge in [0.25, 0.3) is 0 Å². The van der Waals surface area contributed by atoms with E-state index in [1.165, 1.54) is 49.8 Å². The third-order valence-corrected chi connectivity index (χ3v) is 11.2. The van der Waals surface area contributed by atoms with Gasteiger partial charge in [0, 0.05) is 6.61 Å². The summed E-state index contributed by atoms with van der Waals surface area (Å²) in [6, 6.07) is 0. The Kier molecular flexibility index (Phi) is 78.4. The topological polar surface area (TPSA) is 323 Å². The molecule has 93 heavy (non-hydrogen) atoms. The quantitative estimate of drug-likeness (QED) is 0.0466. The smallest absolute Gasteiger partial charge is 0.106 e. The summed E-state index contributed by atoms with van der Waals surface area (Å²) in [5.74, 6) is 0. The van der Waals surface area contributed by atoms with Crippen LogP contribution < -0.4 is 0 Å². The predicted molar refractivity (Wildman–Crippen MR) is 322 cm³/mol. The Hall–Kier alpha value is -1.40. The Morgan fingerprint density at radius 3 is 0.462 bits per heavy atom. The fourth-order valence-electron chi connectivity index (χ4n) is 7.02. The van der Waals surface area contributed by atoms with Crippen LogP contribution in [0.1, 0.15) is 13.3 Å². The van der Waals surface area contributed by atoms with E-state index in [0.29, 0.717) is 85.9 Å². The third-order valence-electron chi connectivity index (χ3n) is 11.2. The van der Waals surface area contributed by atoms with Crippen LogP contribution in [-0.4, -0.2) is 370 Å². The summed E-state index contributed by atoms with van der Waals surface area (Å²) in [6.45, 7) is 13.0. The first kappa shape index (κ1) is 91.6. The molecule has 560 valence electrons. The lowest BCUT2D eigenvalue weighted by Gasteiger charge is -2.24. The summed E-state index contributed by atoms with van der Waals surface area (Å²) in [7, 11) is 10.0. The number of hydrogen-bond acceptors (Lipinski definition) is 35. The molecule has 0 saturated carbocycles. The zero-order chi connectivity index (χ0) is 67.3. The first-order valence-corrected chi connectivity index (χ1v) is 31.5. The summed E-state index contributed by atoms with van der Waals surface area (Å²) in [5, 5.41) is 0. The molecule has 6 atom stereocenters. The first-order chi connectivity index (χ1) is 46.0. The molecule has 0 rings (SSSR count). The van der Waals surface area contributed by atoms with Crippen molar-refractivity contribution in [1.82, 2.24) is 0 Å². The minimum atomic E-state index is -0.580. The van der Waals surface area contributed by atoms with Crippen LogP contribution in [0.4, 0.5) is 0 Å². The second-order valence-electron chi connectivity index (χ2n) is 18.6. The maximum atomic E-state index is 6.31. The number of ether oxygens (including phenoxy) is 21. The lowest BCUT2D eigenvalue weighted by atomic mass is 10.3. The maximum absolute atomic E-state index is 6.31. The molecule has 0 aromatic rings. The second kappa shape index (κ2) is 79.6. The monoisotopic (exact) mass is 1370 g/mol. The predicted octanol–water partition coefficient (Wildman–Crippen LogP) is 1.00. The third kappa shape index (κ3) is 70.3. The van der Waals surface area contributed by atoms with Crippen molar-refractivity contribution in [1.29, 1.82) is 0 Å². The van der Waals surface area contributed by atoms with Gasteiger partial charge in [-0.1, -0.05) is 6.92 Å². The maximum Gasteiger partial charge on any atom is 0.106 e. The Morgan fingerprint density at radius 1 is 0.151 bits per heavy atom. The van der Waals surface area contributed by atoms with Gasteiger partial charge in [0.15, 0.2) is 0 Å². The highest BCUT2D eigenvalue weighted by Crippen LogP contribution is 2.07. The van der Waals surface area contributed by atoms with Crippen LogP contribution in [0.5, 0.6) is 0 Å². The average Bonchev–Trinajstić information content (AvgIpc) is 3.77. The normalized spacial score (nSPS) is 13.9. The van der Waals surface area contributed by atoms with Crippen molar-refractivity contribution < 1.29 is 168 Å². The summed E-state index contributed by atoms with van der Waals surface area (Å²) in [5.41, 5.74) is 0. The zero-order valence-electron chi connectivity index (χ0n) is 56.9. The van der Waals surface area contributed by atoms with Crippen LogP contribution >= 0.6 is 0 Å². The highest BCUT2D eigenvalue weighted by molar-refractivity contribution is 4.66. The Balaban J connectivity index is 6.20. The van der Waals surface area contributed by atoms with E-state index in [4.69, 9.17) is 134 Å². The zero-order valence-corrected chi connectivity index (χ0v) is 56.9. The van der Waals surface area contributed by atoms with E-state index in [1.807, 2.05) is 6.92 Å². The van der Waals surface area contributed by atoms with E-state index < -0.39 is 36.6 Å². The summed E-state index contributed by atoms with van der Waals surface area (Å²) >= 11 is 0. The Bertz CT molecular complexity index is 1370. The first-order valence-electron chi connectivity index (χ1n) is 31.5. The Labute approximate surface area is 550 Å². The van der Waals surface area contributed by atoms with Crippen molar-refractivity contribution in [3.63, 3.8) is 0 Å². The van der Waals surface area contributed by atoms with Crippen LogP contribution in [0, 0.1) is 0 Å².